The molecule has 1 atom stereocenters. The van der Waals surface area contributed by atoms with Crippen LogP contribution in [0.2, 0.25) is 5.02 Å². The number of hydrogen-bond donors (Lipinski definition) is 1. The van der Waals surface area contributed by atoms with E-state index in [0.717, 1.165) is 11.1 Å². The van der Waals surface area contributed by atoms with E-state index in [9.17, 15) is 4.39 Å². The molecule has 21 heavy (non-hydrogen) atoms. The van der Waals surface area contributed by atoms with Crippen molar-refractivity contribution in [3.8, 4) is 0 Å². The largest absolute Gasteiger partial charge is 0.365 e. The molecule has 0 saturated carbocycles. The summed E-state index contributed by atoms with van der Waals surface area (Å²) in [5, 5.41) is 0.688. The van der Waals surface area contributed by atoms with Gasteiger partial charge in [0.15, 0.2) is 0 Å². The third-order valence-corrected chi connectivity index (χ3v) is 4.12. The highest BCUT2D eigenvalue weighted by molar-refractivity contribution is 6.31. The summed E-state index contributed by atoms with van der Waals surface area (Å²) in [5.41, 5.74) is 8.11. The van der Waals surface area contributed by atoms with E-state index in [4.69, 9.17) is 17.3 Å². The number of anilines is 1. The maximum atomic E-state index is 14.3. The maximum Gasteiger partial charge on any atom is 0.146 e. The Hall–Kier alpha value is -1.58. The van der Waals surface area contributed by atoms with Crippen LogP contribution in [0.4, 0.5) is 10.1 Å². The second-order valence-electron chi connectivity index (χ2n) is 5.09. The number of nitrogens with two attached hydrogens (primary N) is 1. The molecule has 2 nitrogen and oxygen atoms in total. The van der Waals surface area contributed by atoms with Gasteiger partial charge in [-0.25, -0.2) is 4.39 Å². The number of para-hydroxylation sites is 1. The van der Waals surface area contributed by atoms with Gasteiger partial charge in [-0.2, -0.15) is 0 Å². The first-order valence-corrected chi connectivity index (χ1v) is 7.38. The Morgan fingerprint density at radius 1 is 1.19 bits per heavy atom. The van der Waals surface area contributed by atoms with E-state index in [1.54, 1.807) is 6.07 Å². The average Bonchev–Trinajstić information content (AvgIpc) is 2.47. The third kappa shape index (κ3) is 3.36. The third-order valence-electron chi connectivity index (χ3n) is 3.77. The maximum absolute atomic E-state index is 14.3. The Morgan fingerprint density at radius 3 is 2.57 bits per heavy atom. The normalized spacial score (nSPS) is 12.2. The number of rotatable bonds is 5. The van der Waals surface area contributed by atoms with Gasteiger partial charge >= 0.3 is 0 Å². The van der Waals surface area contributed by atoms with Gasteiger partial charge < -0.3 is 10.6 Å². The molecule has 2 N–H and O–H groups in total. The fourth-order valence-electron chi connectivity index (χ4n) is 2.53. The zero-order valence-corrected chi connectivity index (χ0v) is 13.1. The van der Waals surface area contributed by atoms with E-state index in [2.05, 4.69) is 0 Å². The predicted octanol–water partition coefficient (Wildman–Crippen LogP) is 4.18. The monoisotopic (exact) mass is 306 g/mol. The van der Waals surface area contributed by atoms with Gasteiger partial charge in [-0.3, -0.25) is 0 Å². The first-order valence-electron chi connectivity index (χ1n) is 7.01. The summed E-state index contributed by atoms with van der Waals surface area (Å²) in [5.74, 6) is -0.234. The van der Waals surface area contributed by atoms with Crippen LogP contribution in [0.1, 0.15) is 24.1 Å². The van der Waals surface area contributed by atoms with Crippen LogP contribution < -0.4 is 10.6 Å². The van der Waals surface area contributed by atoms with Crippen LogP contribution in [-0.4, -0.2) is 13.6 Å². The highest BCUT2D eigenvalue weighted by atomic mass is 35.5. The molecule has 0 aromatic heterocycles. The Morgan fingerprint density at radius 2 is 1.90 bits per heavy atom. The molecule has 0 fully saturated rings. The molecule has 0 aliphatic carbocycles. The molecule has 1 unspecified atom stereocenters. The second-order valence-corrected chi connectivity index (χ2v) is 5.50. The summed E-state index contributed by atoms with van der Waals surface area (Å²) < 4.78 is 14.3. The minimum absolute atomic E-state index is 0.0351. The van der Waals surface area contributed by atoms with Crippen LogP contribution >= 0.6 is 11.6 Å². The van der Waals surface area contributed by atoms with Crippen LogP contribution in [-0.2, 0) is 6.42 Å². The molecule has 0 heterocycles. The summed E-state index contributed by atoms with van der Waals surface area (Å²) in [6.07, 6.45) is 0.646. The van der Waals surface area contributed by atoms with Crippen LogP contribution in [0, 0.1) is 5.82 Å². The van der Waals surface area contributed by atoms with Crippen molar-refractivity contribution in [2.75, 3.05) is 18.5 Å². The lowest BCUT2D eigenvalue weighted by atomic mass is 10.0. The van der Waals surface area contributed by atoms with Gasteiger partial charge in [-0.15, -0.1) is 0 Å². The molecule has 2 rings (SSSR count). The molecule has 0 aliphatic heterocycles. The lowest BCUT2D eigenvalue weighted by molar-refractivity contribution is 0.608. The quantitative estimate of drug-likeness (QED) is 0.898. The van der Waals surface area contributed by atoms with E-state index < -0.39 is 0 Å². The Labute approximate surface area is 130 Å². The molecule has 0 spiro atoms. The number of halogens is 2. The van der Waals surface area contributed by atoms with Crippen molar-refractivity contribution in [1.82, 2.24) is 0 Å². The summed E-state index contributed by atoms with van der Waals surface area (Å²) in [4.78, 5) is 1.92. The van der Waals surface area contributed by atoms with E-state index in [1.165, 1.54) is 6.07 Å². The Bertz CT molecular complexity index is 615. The molecular weight excluding hydrogens is 287 g/mol. The SMILES string of the molecule is CC(c1ccccc1Cl)N(C)c1c(F)cccc1CCN. The zero-order valence-electron chi connectivity index (χ0n) is 12.3. The van der Waals surface area contributed by atoms with E-state index in [-0.39, 0.29) is 11.9 Å². The predicted molar refractivity (Wildman–Crippen MR) is 87.4 cm³/mol. The molecule has 0 amide bonds. The molecule has 0 aliphatic rings. The molecule has 2 aromatic rings. The minimum Gasteiger partial charge on any atom is -0.365 e. The van der Waals surface area contributed by atoms with Crippen molar-refractivity contribution in [2.24, 2.45) is 5.73 Å². The molecular formula is C17H20ClFN2. The fourth-order valence-corrected chi connectivity index (χ4v) is 2.82. The highest BCUT2D eigenvalue weighted by Crippen LogP contribution is 2.33. The Balaban J connectivity index is 2.40. The first kappa shape index (κ1) is 15.8. The Kier molecular flexibility index (Phi) is 5.21. The van der Waals surface area contributed by atoms with Gasteiger partial charge in [0, 0.05) is 12.1 Å². The summed E-state index contributed by atoms with van der Waals surface area (Å²) >= 11 is 6.25. The molecule has 0 saturated heterocycles. The summed E-state index contributed by atoms with van der Waals surface area (Å²) in [6, 6.07) is 12.7. The number of benzene rings is 2. The fraction of sp³-hybridized carbons (Fsp3) is 0.294. The lowest BCUT2D eigenvalue weighted by Crippen LogP contribution is -2.24. The van der Waals surface area contributed by atoms with E-state index in [0.29, 0.717) is 23.7 Å². The average molecular weight is 307 g/mol. The van der Waals surface area contributed by atoms with Crippen LogP contribution in [0.25, 0.3) is 0 Å². The van der Waals surface area contributed by atoms with Crippen molar-refractivity contribution in [3.05, 3.63) is 64.4 Å². The molecule has 0 bridgehead atoms. The van der Waals surface area contributed by atoms with E-state index >= 15 is 0 Å². The van der Waals surface area contributed by atoms with Gasteiger partial charge in [0.2, 0.25) is 0 Å². The lowest BCUT2D eigenvalue weighted by Gasteiger charge is -2.30. The molecule has 4 heteroatoms. The van der Waals surface area contributed by atoms with Crippen molar-refractivity contribution < 1.29 is 4.39 Å². The van der Waals surface area contributed by atoms with Crippen LogP contribution in [0.5, 0.6) is 0 Å². The zero-order chi connectivity index (χ0) is 15.4. The van der Waals surface area contributed by atoms with Gasteiger partial charge in [0.05, 0.1) is 11.7 Å². The first-order chi connectivity index (χ1) is 10.1. The summed E-state index contributed by atoms with van der Waals surface area (Å²) in [6.45, 7) is 2.50. The van der Waals surface area contributed by atoms with Gasteiger partial charge in [-0.05, 0) is 43.1 Å². The minimum atomic E-state index is -0.234. The van der Waals surface area contributed by atoms with Gasteiger partial charge in [-0.1, -0.05) is 41.9 Å². The van der Waals surface area contributed by atoms with Gasteiger partial charge in [0.25, 0.3) is 0 Å². The van der Waals surface area contributed by atoms with Crippen molar-refractivity contribution in [3.63, 3.8) is 0 Å². The standard InChI is InChI=1S/C17H20ClFN2/c1-12(14-7-3-4-8-15(14)18)21(2)17-13(10-11-20)6-5-9-16(17)19/h3-9,12H,10-11,20H2,1-2H3. The number of hydrogen-bond acceptors (Lipinski definition) is 2. The van der Waals surface area contributed by atoms with Crippen LogP contribution in [0.3, 0.4) is 0 Å². The molecule has 112 valence electrons. The molecule has 0 radical (unpaired) electrons. The smallest absolute Gasteiger partial charge is 0.146 e. The number of nitrogens with zero attached hydrogens (tertiary/aromatic N) is 1. The van der Waals surface area contributed by atoms with Crippen LogP contribution in [0.15, 0.2) is 42.5 Å². The van der Waals surface area contributed by atoms with E-state index in [1.807, 2.05) is 49.2 Å². The van der Waals surface area contributed by atoms with Crippen molar-refractivity contribution in [1.29, 1.82) is 0 Å². The summed E-state index contributed by atoms with van der Waals surface area (Å²) in [7, 11) is 1.88. The van der Waals surface area contributed by atoms with Crippen molar-refractivity contribution >= 4 is 17.3 Å². The second kappa shape index (κ2) is 6.92. The highest BCUT2D eigenvalue weighted by Gasteiger charge is 2.20. The van der Waals surface area contributed by atoms with Gasteiger partial charge in [0.1, 0.15) is 5.82 Å². The molecule has 2 aromatic carbocycles. The van der Waals surface area contributed by atoms with Crippen molar-refractivity contribution in [2.45, 2.75) is 19.4 Å². The topological polar surface area (TPSA) is 29.3 Å².